The Kier molecular flexibility index (Phi) is 5.50. The van der Waals surface area contributed by atoms with Crippen LogP contribution in [0.15, 0.2) is 30.3 Å². The van der Waals surface area contributed by atoms with Gasteiger partial charge >= 0.3 is 6.03 Å². The fourth-order valence-electron chi connectivity index (χ4n) is 3.19. The molecule has 0 aliphatic carbocycles. The number of likely N-dealkylation sites (N-methyl/N-ethyl adjacent to an activating group) is 1. The number of urea groups is 1. The quantitative estimate of drug-likeness (QED) is 0.896. The fourth-order valence-corrected chi connectivity index (χ4v) is 3.19. The Morgan fingerprint density at radius 2 is 1.96 bits per heavy atom. The van der Waals surface area contributed by atoms with Gasteiger partial charge in [0.25, 0.3) is 0 Å². The van der Waals surface area contributed by atoms with Crippen LogP contribution in [0.25, 0.3) is 10.9 Å². The summed E-state index contributed by atoms with van der Waals surface area (Å²) in [7, 11) is 2.15. The van der Waals surface area contributed by atoms with Crippen molar-refractivity contribution in [3.05, 3.63) is 36.0 Å². The molecule has 1 aliphatic heterocycles. The number of nitrogens with one attached hydrogen (secondary N) is 2. The van der Waals surface area contributed by atoms with Gasteiger partial charge in [-0.25, -0.2) is 4.79 Å². The highest BCUT2D eigenvalue weighted by Gasteiger charge is 2.17. The third kappa shape index (κ3) is 4.67. The lowest BCUT2D eigenvalue weighted by atomic mass is 10.2. The smallest absolute Gasteiger partial charge is 0.319 e. The summed E-state index contributed by atoms with van der Waals surface area (Å²) in [5, 5.41) is 7.00. The van der Waals surface area contributed by atoms with Gasteiger partial charge in [-0.1, -0.05) is 18.2 Å². The van der Waals surface area contributed by atoms with Gasteiger partial charge in [-0.2, -0.15) is 0 Å². The molecule has 1 saturated heterocycles. The average molecular weight is 341 g/mol. The molecule has 0 spiro atoms. The van der Waals surface area contributed by atoms with Crippen LogP contribution in [0.1, 0.15) is 12.6 Å². The monoisotopic (exact) mass is 341 g/mol. The molecule has 6 nitrogen and oxygen atoms in total. The SMILES string of the molecule is Cc1ccc2cccc(NC(=O)NC(C)CN3CCN(C)CC3)c2n1. The lowest BCUT2D eigenvalue weighted by Crippen LogP contribution is -2.50. The molecule has 2 heterocycles. The predicted molar refractivity (Wildman–Crippen MR) is 102 cm³/mol. The predicted octanol–water partition coefficient (Wildman–Crippen LogP) is 2.30. The molecule has 6 heteroatoms. The zero-order valence-corrected chi connectivity index (χ0v) is 15.2. The van der Waals surface area contributed by atoms with E-state index in [-0.39, 0.29) is 12.1 Å². The Bertz CT molecular complexity index is 740. The number of hydrogen-bond donors (Lipinski definition) is 2. The minimum atomic E-state index is -0.183. The number of hydrogen-bond acceptors (Lipinski definition) is 4. The van der Waals surface area contributed by atoms with Crippen molar-refractivity contribution in [1.29, 1.82) is 0 Å². The summed E-state index contributed by atoms with van der Waals surface area (Å²) in [6.45, 7) is 9.14. The summed E-state index contributed by atoms with van der Waals surface area (Å²) < 4.78 is 0. The highest BCUT2D eigenvalue weighted by molar-refractivity contribution is 5.99. The maximum absolute atomic E-state index is 12.4. The van der Waals surface area contributed by atoms with E-state index in [1.807, 2.05) is 44.2 Å². The normalized spacial score (nSPS) is 17.4. The highest BCUT2D eigenvalue weighted by atomic mass is 16.2. The zero-order chi connectivity index (χ0) is 17.8. The lowest BCUT2D eigenvalue weighted by Gasteiger charge is -2.34. The van der Waals surface area contributed by atoms with E-state index in [4.69, 9.17) is 0 Å². The molecule has 1 aromatic heterocycles. The van der Waals surface area contributed by atoms with Gasteiger partial charge in [0.1, 0.15) is 0 Å². The number of rotatable bonds is 4. The molecule has 1 fully saturated rings. The lowest BCUT2D eigenvalue weighted by molar-refractivity contribution is 0.145. The first kappa shape index (κ1) is 17.6. The molecule has 134 valence electrons. The van der Waals surface area contributed by atoms with E-state index < -0.39 is 0 Å². The molecule has 1 atom stereocenters. The van der Waals surface area contributed by atoms with Crippen molar-refractivity contribution in [3.63, 3.8) is 0 Å². The Morgan fingerprint density at radius 1 is 1.20 bits per heavy atom. The third-order valence-electron chi connectivity index (χ3n) is 4.61. The molecule has 1 aliphatic rings. The average Bonchev–Trinajstić information content (AvgIpc) is 2.57. The van der Waals surface area contributed by atoms with E-state index in [9.17, 15) is 4.79 Å². The second kappa shape index (κ2) is 7.80. The third-order valence-corrected chi connectivity index (χ3v) is 4.61. The molecule has 25 heavy (non-hydrogen) atoms. The number of para-hydroxylation sites is 1. The molecule has 2 N–H and O–H groups in total. The number of aromatic nitrogens is 1. The maximum Gasteiger partial charge on any atom is 0.319 e. The Morgan fingerprint density at radius 3 is 2.72 bits per heavy atom. The molecule has 0 saturated carbocycles. The zero-order valence-electron chi connectivity index (χ0n) is 15.2. The largest absolute Gasteiger partial charge is 0.334 e. The van der Waals surface area contributed by atoms with Crippen LogP contribution in [0.5, 0.6) is 0 Å². The van der Waals surface area contributed by atoms with E-state index in [2.05, 4.69) is 32.5 Å². The minimum absolute atomic E-state index is 0.0908. The molecule has 0 bridgehead atoms. The molecular weight excluding hydrogens is 314 g/mol. The van der Waals surface area contributed by atoms with Crippen molar-refractivity contribution in [2.45, 2.75) is 19.9 Å². The van der Waals surface area contributed by atoms with Gasteiger partial charge in [-0.15, -0.1) is 0 Å². The van der Waals surface area contributed by atoms with Gasteiger partial charge in [-0.3, -0.25) is 9.88 Å². The van der Waals surface area contributed by atoms with Gasteiger partial charge in [0.15, 0.2) is 0 Å². The van der Waals surface area contributed by atoms with Crippen LogP contribution in [-0.4, -0.2) is 66.6 Å². The standard InChI is InChI=1S/C19H27N5O/c1-14-7-8-16-5-4-6-17(18(16)20-14)22-19(25)21-15(2)13-24-11-9-23(3)10-12-24/h4-8,15H,9-13H2,1-3H3,(H2,21,22,25). The summed E-state index contributed by atoms with van der Waals surface area (Å²) in [6, 6.07) is 9.73. The summed E-state index contributed by atoms with van der Waals surface area (Å²) in [6.07, 6.45) is 0. The van der Waals surface area contributed by atoms with Crippen LogP contribution < -0.4 is 10.6 Å². The van der Waals surface area contributed by atoms with E-state index in [1.54, 1.807) is 0 Å². The number of piperazine rings is 1. The van der Waals surface area contributed by atoms with Gasteiger partial charge < -0.3 is 15.5 Å². The van der Waals surface area contributed by atoms with Crippen LogP contribution in [0.3, 0.4) is 0 Å². The van der Waals surface area contributed by atoms with Crippen molar-refractivity contribution in [2.75, 3.05) is 45.1 Å². The molecule has 1 unspecified atom stereocenters. The second-order valence-corrected chi connectivity index (χ2v) is 6.93. The molecule has 0 radical (unpaired) electrons. The molecule has 1 aromatic carbocycles. The van der Waals surface area contributed by atoms with Crippen molar-refractivity contribution in [1.82, 2.24) is 20.1 Å². The molecular formula is C19H27N5O. The molecule has 2 amide bonds. The number of amides is 2. The number of fused-ring (bicyclic) bond motifs is 1. The Balaban J connectivity index is 1.58. The van der Waals surface area contributed by atoms with E-state index >= 15 is 0 Å². The number of nitrogens with zero attached hydrogens (tertiary/aromatic N) is 3. The van der Waals surface area contributed by atoms with Gasteiger partial charge in [0.2, 0.25) is 0 Å². The van der Waals surface area contributed by atoms with Gasteiger partial charge in [0.05, 0.1) is 11.2 Å². The van der Waals surface area contributed by atoms with Gasteiger partial charge in [0, 0.05) is 49.8 Å². The Labute approximate surface area is 149 Å². The van der Waals surface area contributed by atoms with Crippen LogP contribution in [-0.2, 0) is 0 Å². The Hall–Kier alpha value is -2.18. The molecule has 2 aromatic rings. The number of carbonyl (C=O) groups is 1. The number of benzene rings is 1. The van der Waals surface area contributed by atoms with Crippen LogP contribution in [0.4, 0.5) is 10.5 Å². The first-order chi connectivity index (χ1) is 12.0. The second-order valence-electron chi connectivity index (χ2n) is 6.93. The van der Waals surface area contributed by atoms with Crippen LogP contribution >= 0.6 is 0 Å². The van der Waals surface area contributed by atoms with Gasteiger partial charge in [-0.05, 0) is 33.0 Å². The summed E-state index contributed by atoms with van der Waals surface area (Å²) >= 11 is 0. The molecule has 3 rings (SSSR count). The van der Waals surface area contributed by atoms with Crippen molar-refractivity contribution in [2.24, 2.45) is 0 Å². The number of carbonyl (C=O) groups excluding carboxylic acids is 1. The summed E-state index contributed by atoms with van der Waals surface area (Å²) in [4.78, 5) is 21.6. The van der Waals surface area contributed by atoms with E-state index in [0.29, 0.717) is 0 Å². The van der Waals surface area contributed by atoms with Crippen molar-refractivity contribution < 1.29 is 4.79 Å². The summed E-state index contributed by atoms with van der Waals surface area (Å²) in [5.41, 5.74) is 2.50. The van der Waals surface area contributed by atoms with Crippen molar-refractivity contribution in [3.8, 4) is 0 Å². The number of aryl methyl sites for hydroxylation is 1. The number of pyridine rings is 1. The minimum Gasteiger partial charge on any atom is -0.334 e. The number of anilines is 1. The topological polar surface area (TPSA) is 60.5 Å². The highest BCUT2D eigenvalue weighted by Crippen LogP contribution is 2.21. The summed E-state index contributed by atoms with van der Waals surface area (Å²) in [5.74, 6) is 0. The fraction of sp³-hybridized carbons (Fsp3) is 0.474. The maximum atomic E-state index is 12.4. The first-order valence-electron chi connectivity index (χ1n) is 8.86. The first-order valence-corrected chi connectivity index (χ1v) is 8.86. The van der Waals surface area contributed by atoms with Crippen molar-refractivity contribution >= 4 is 22.6 Å². The van der Waals surface area contributed by atoms with Crippen LogP contribution in [0.2, 0.25) is 0 Å². The van der Waals surface area contributed by atoms with E-state index in [1.165, 1.54) is 0 Å². The van der Waals surface area contributed by atoms with E-state index in [0.717, 1.165) is 55.0 Å². The van der Waals surface area contributed by atoms with Crippen LogP contribution in [0, 0.1) is 6.92 Å².